The van der Waals surface area contributed by atoms with Gasteiger partial charge in [0, 0.05) is 0 Å². The van der Waals surface area contributed by atoms with E-state index in [1.807, 2.05) is 12.1 Å². The Morgan fingerprint density at radius 2 is 1.94 bits per heavy atom. The zero-order chi connectivity index (χ0) is 11.4. The van der Waals surface area contributed by atoms with Crippen molar-refractivity contribution in [3.63, 3.8) is 0 Å². The summed E-state index contributed by atoms with van der Waals surface area (Å²) < 4.78 is 0. The number of benzene rings is 1. The number of hydrogen-bond donors (Lipinski definition) is 0. The highest BCUT2D eigenvalue weighted by atomic mass is 14.3. The first-order valence-corrected chi connectivity index (χ1v) is 6.33. The Hall–Kier alpha value is -1.29. The van der Waals surface area contributed by atoms with Crippen LogP contribution in [0.5, 0.6) is 0 Å². The quantitative estimate of drug-likeness (QED) is 0.733. The minimum absolute atomic E-state index is 0.759. The zero-order valence-corrected chi connectivity index (χ0v) is 9.95. The van der Waals surface area contributed by atoms with Crippen molar-refractivity contribution in [1.29, 1.82) is 5.26 Å². The summed E-state index contributed by atoms with van der Waals surface area (Å²) in [5.41, 5.74) is 2.19. The van der Waals surface area contributed by atoms with Gasteiger partial charge in [0.2, 0.25) is 0 Å². The van der Waals surface area contributed by atoms with Gasteiger partial charge >= 0.3 is 0 Å². The van der Waals surface area contributed by atoms with Crippen LogP contribution < -0.4 is 0 Å². The summed E-state index contributed by atoms with van der Waals surface area (Å²) in [5, 5.41) is 8.73. The van der Waals surface area contributed by atoms with Crippen molar-refractivity contribution in [2.45, 2.75) is 44.9 Å². The molecule has 1 nitrogen and oxygen atoms in total. The molecular weight excluding hydrogens is 194 g/mol. The summed E-state index contributed by atoms with van der Waals surface area (Å²) in [7, 11) is 0. The van der Waals surface area contributed by atoms with E-state index in [0.717, 1.165) is 17.4 Å². The molecule has 0 atom stereocenters. The van der Waals surface area contributed by atoms with E-state index in [-0.39, 0.29) is 0 Å². The molecule has 0 unspecified atom stereocenters. The van der Waals surface area contributed by atoms with Crippen molar-refractivity contribution < 1.29 is 0 Å². The van der Waals surface area contributed by atoms with Crippen molar-refractivity contribution in [1.82, 2.24) is 0 Å². The van der Waals surface area contributed by atoms with Crippen LogP contribution in [0.25, 0.3) is 0 Å². The first-order valence-electron chi connectivity index (χ1n) is 6.33. The zero-order valence-electron chi connectivity index (χ0n) is 9.95. The maximum absolute atomic E-state index is 8.73. The molecule has 0 aromatic heterocycles. The van der Waals surface area contributed by atoms with Crippen molar-refractivity contribution in [3.05, 3.63) is 35.4 Å². The Balaban J connectivity index is 1.84. The molecule has 0 aliphatic heterocycles. The molecule has 2 rings (SSSR count). The van der Waals surface area contributed by atoms with Gasteiger partial charge in [0.25, 0.3) is 0 Å². The van der Waals surface area contributed by atoms with Gasteiger partial charge in [0.1, 0.15) is 0 Å². The van der Waals surface area contributed by atoms with Gasteiger partial charge in [-0.15, -0.1) is 0 Å². The predicted molar refractivity (Wildman–Crippen MR) is 66.1 cm³/mol. The second-order valence-electron chi connectivity index (χ2n) is 4.91. The summed E-state index contributed by atoms with van der Waals surface area (Å²) in [6.07, 6.45) is 6.81. The number of rotatable bonds is 4. The summed E-state index contributed by atoms with van der Waals surface area (Å²) in [4.78, 5) is 0. The largest absolute Gasteiger partial charge is 0.192 e. The van der Waals surface area contributed by atoms with Gasteiger partial charge in [-0.2, -0.15) is 5.26 Å². The lowest BCUT2D eigenvalue weighted by Gasteiger charge is -2.35. The van der Waals surface area contributed by atoms with Crippen molar-refractivity contribution in [2.24, 2.45) is 5.92 Å². The molecular formula is C15H19N. The summed E-state index contributed by atoms with van der Waals surface area (Å²) >= 11 is 0. The average molecular weight is 213 g/mol. The molecule has 0 heterocycles. The standard InChI is InChI=1S/C15H19N/c1-2-3-4-13-9-15(10-13)14-7-5-12(11-16)6-8-14/h5-8,13,15H,2-4,9-10H2,1H3. The van der Waals surface area contributed by atoms with E-state index in [9.17, 15) is 0 Å². The molecule has 0 bridgehead atoms. The highest BCUT2D eigenvalue weighted by Crippen LogP contribution is 2.43. The molecule has 0 amide bonds. The SMILES string of the molecule is CCCCC1CC(c2ccc(C#N)cc2)C1. The van der Waals surface area contributed by atoms with Gasteiger partial charge in [-0.25, -0.2) is 0 Å². The van der Waals surface area contributed by atoms with Gasteiger partial charge in [-0.3, -0.25) is 0 Å². The molecule has 1 heteroatoms. The summed E-state index contributed by atoms with van der Waals surface area (Å²) in [6.45, 7) is 2.26. The fourth-order valence-corrected chi connectivity index (χ4v) is 2.57. The lowest BCUT2D eigenvalue weighted by molar-refractivity contribution is 0.243. The molecule has 16 heavy (non-hydrogen) atoms. The Morgan fingerprint density at radius 1 is 1.25 bits per heavy atom. The van der Waals surface area contributed by atoms with Crippen LogP contribution in [0.15, 0.2) is 24.3 Å². The van der Waals surface area contributed by atoms with E-state index in [1.165, 1.54) is 37.7 Å². The van der Waals surface area contributed by atoms with E-state index < -0.39 is 0 Å². The third kappa shape index (κ3) is 2.44. The van der Waals surface area contributed by atoms with Crippen LogP contribution in [0.2, 0.25) is 0 Å². The van der Waals surface area contributed by atoms with E-state index >= 15 is 0 Å². The van der Waals surface area contributed by atoms with Crippen LogP contribution >= 0.6 is 0 Å². The number of hydrogen-bond acceptors (Lipinski definition) is 1. The monoisotopic (exact) mass is 213 g/mol. The van der Waals surface area contributed by atoms with E-state index in [4.69, 9.17) is 5.26 Å². The molecule has 0 saturated heterocycles. The second-order valence-corrected chi connectivity index (χ2v) is 4.91. The predicted octanol–water partition coefficient (Wildman–Crippen LogP) is 4.24. The number of nitrogens with zero attached hydrogens (tertiary/aromatic N) is 1. The maximum atomic E-state index is 8.73. The van der Waals surface area contributed by atoms with Crippen LogP contribution in [0.4, 0.5) is 0 Å². The first-order chi connectivity index (χ1) is 7.83. The fourth-order valence-electron chi connectivity index (χ4n) is 2.57. The lowest BCUT2D eigenvalue weighted by Crippen LogP contribution is -2.21. The summed E-state index contributed by atoms with van der Waals surface area (Å²) in [6, 6.07) is 10.3. The molecule has 0 N–H and O–H groups in total. The van der Waals surface area contributed by atoms with Gasteiger partial charge < -0.3 is 0 Å². The first kappa shape index (κ1) is 11.2. The van der Waals surface area contributed by atoms with Gasteiger partial charge in [-0.1, -0.05) is 38.3 Å². The molecule has 1 saturated carbocycles. The van der Waals surface area contributed by atoms with Crippen molar-refractivity contribution in [3.8, 4) is 6.07 Å². The highest BCUT2D eigenvalue weighted by Gasteiger charge is 2.29. The molecule has 84 valence electrons. The number of unbranched alkanes of at least 4 members (excludes halogenated alkanes) is 1. The van der Waals surface area contributed by atoms with Gasteiger partial charge in [-0.05, 0) is 42.4 Å². The maximum Gasteiger partial charge on any atom is 0.0991 e. The lowest BCUT2D eigenvalue weighted by atomic mass is 9.69. The van der Waals surface area contributed by atoms with Crippen LogP contribution in [-0.4, -0.2) is 0 Å². The molecule has 1 aromatic rings. The van der Waals surface area contributed by atoms with Crippen LogP contribution in [-0.2, 0) is 0 Å². The second kappa shape index (κ2) is 5.16. The van der Waals surface area contributed by atoms with E-state index in [1.54, 1.807) is 0 Å². The van der Waals surface area contributed by atoms with Gasteiger partial charge in [0.15, 0.2) is 0 Å². The Labute approximate surface area is 98.1 Å². The van der Waals surface area contributed by atoms with Crippen molar-refractivity contribution >= 4 is 0 Å². The Bertz CT molecular complexity index is 365. The summed E-state index contributed by atoms with van der Waals surface area (Å²) in [5.74, 6) is 1.72. The third-order valence-electron chi connectivity index (χ3n) is 3.71. The Kier molecular flexibility index (Phi) is 3.62. The molecule has 1 aliphatic carbocycles. The van der Waals surface area contributed by atoms with E-state index in [0.29, 0.717) is 0 Å². The topological polar surface area (TPSA) is 23.8 Å². The average Bonchev–Trinajstić information content (AvgIpc) is 2.28. The van der Waals surface area contributed by atoms with Gasteiger partial charge in [0.05, 0.1) is 11.6 Å². The highest BCUT2D eigenvalue weighted by molar-refractivity contribution is 5.33. The van der Waals surface area contributed by atoms with Crippen LogP contribution in [0.3, 0.4) is 0 Å². The third-order valence-corrected chi connectivity index (χ3v) is 3.71. The minimum Gasteiger partial charge on any atom is -0.192 e. The molecule has 0 radical (unpaired) electrons. The smallest absolute Gasteiger partial charge is 0.0991 e. The van der Waals surface area contributed by atoms with Crippen molar-refractivity contribution in [2.75, 3.05) is 0 Å². The van der Waals surface area contributed by atoms with E-state index in [2.05, 4.69) is 25.1 Å². The van der Waals surface area contributed by atoms with Crippen LogP contribution in [0.1, 0.15) is 56.1 Å². The molecule has 0 spiro atoms. The normalized spacial score (nSPS) is 23.5. The Morgan fingerprint density at radius 3 is 2.50 bits per heavy atom. The molecule has 1 aliphatic rings. The van der Waals surface area contributed by atoms with Crippen LogP contribution in [0, 0.1) is 17.2 Å². The molecule has 1 aromatic carbocycles. The fraction of sp³-hybridized carbons (Fsp3) is 0.533. The minimum atomic E-state index is 0.759. The number of nitriles is 1. The molecule has 1 fully saturated rings.